The van der Waals surface area contributed by atoms with E-state index < -0.39 is 0 Å². The Bertz CT molecular complexity index is 775. The minimum atomic E-state index is -0.0625. The number of rotatable bonds is 1. The van der Waals surface area contributed by atoms with Crippen LogP contribution in [0.3, 0.4) is 0 Å². The summed E-state index contributed by atoms with van der Waals surface area (Å²) >= 11 is 1.56. The molecule has 3 aliphatic rings. The third-order valence-electron chi connectivity index (χ3n) is 4.61. The van der Waals surface area contributed by atoms with Crippen molar-refractivity contribution in [1.82, 2.24) is 10.3 Å². The molecule has 0 spiro atoms. The second-order valence-electron chi connectivity index (χ2n) is 5.84. The summed E-state index contributed by atoms with van der Waals surface area (Å²) in [5.74, 6) is 0.925. The van der Waals surface area contributed by atoms with E-state index in [-0.39, 0.29) is 18.1 Å². The van der Waals surface area contributed by atoms with Gasteiger partial charge in [-0.2, -0.15) is 0 Å². The molecule has 2 fully saturated rings. The maximum absolute atomic E-state index is 12.4. The minimum Gasteiger partial charge on any atom is -0.493 e. The molecule has 3 aliphatic heterocycles. The number of benzene rings is 1. The Hall–Kier alpha value is -1.86. The summed E-state index contributed by atoms with van der Waals surface area (Å²) in [5.41, 5.74) is 2.14. The molecule has 22 heavy (non-hydrogen) atoms. The number of urea groups is 1. The molecule has 2 atom stereocenters. The van der Waals surface area contributed by atoms with Gasteiger partial charge in [0.2, 0.25) is 0 Å². The molecule has 5 rings (SSSR count). The van der Waals surface area contributed by atoms with Crippen molar-refractivity contribution in [2.75, 3.05) is 24.7 Å². The van der Waals surface area contributed by atoms with E-state index in [1.807, 2.05) is 12.1 Å². The third-order valence-corrected chi connectivity index (χ3v) is 5.63. The monoisotopic (exact) mass is 317 g/mol. The Kier molecular flexibility index (Phi) is 2.63. The van der Waals surface area contributed by atoms with Crippen molar-refractivity contribution in [2.24, 2.45) is 0 Å². The highest BCUT2D eigenvalue weighted by molar-refractivity contribution is 7.22. The van der Waals surface area contributed by atoms with Gasteiger partial charge in [0.1, 0.15) is 5.75 Å². The van der Waals surface area contributed by atoms with Crippen LogP contribution >= 0.6 is 11.3 Å². The number of thiazole rings is 1. The van der Waals surface area contributed by atoms with Crippen molar-refractivity contribution in [3.63, 3.8) is 0 Å². The Morgan fingerprint density at radius 1 is 1.36 bits per heavy atom. The molecule has 2 aromatic rings. The van der Waals surface area contributed by atoms with E-state index >= 15 is 0 Å². The lowest BCUT2D eigenvalue weighted by molar-refractivity contribution is 0.0738. The second kappa shape index (κ2) is 4.57. The molecule has 2 amide bonds. The Balaban J connectivity index is 1.60. The molecule has 114 valence electrons. The van der Waals surface area contributed by atoms with Crippen LogP contribution in [0.1, 0.15) is 12.0 Å². The van der Waals surface area contributed by atoms with Crippen LogP contribution in [0, 0.1) is 0 Å². The van der Waals surface area contributed by atoms with Crippen molar-refractivity contribution in [3.05, 3.63) is 17.7 Å². The molecular formula is C15H15N3O3S. The van der Waals surface area contributed by atoms with Gasteiger partial charge in [0, 0.05) is 18.6 Å². The van der Waals surface area contributed by atoms with Gasteiger partial charge in [-0.05, 0) is 18.6 Å². The van der Waals surface area contributed by atoms with Crippen LogP contribution in [-0.4, -0.2) is 42.9 Å². The highest BCUT2D eigenvalue weighted by Crippen LogP contribution is 2.39. The molecule has 0 radical (unpaired) electrons. The van der Waals surface area contributed by atoms with Crippen LogP contribution in [0.4, 0.5) is 9.93 Å². The first-order valence-corrected chi connectivity index (χ1v) is 8.35. The molecule has 4 heterocycles. The molecule has 7 heteroatoms. The molecule has 1 N–H and O–H groups in total. The van der Waals surface area contributed by atoms with Crippen LogP contribution in [0.2, 0.25) is 0 Å². The van der Waals surface area contributed by atoms with E-state index in [1.165, 1.54) is 0 Å². The van der Waals surface area contributed by atoms with Crippen LogP contribution < -0.4 is 15.0 Å². The first-order valence-electron chi connectivity index (χ1n) is 7.54. The van der Waals surface area contributed by atoms with E-state index in [0.717, 1.165) is 39.5 Å². The first kappa shape index (κ1) is 12.7. The van der Waals surface area contributed by atoms with Crippen LogP contribution in [0.5, 0.6) is 5.75 Å². The Morgan fingerprint density at radius 3 is 3.27 bits per heavy atom. The van der Waals surface area contributed by atoms with E-state index in [1.54, 1.807) is 16.2 Å². The Morgan fingerprint density at radius 2 is 2.32 bits per heavy atom. The number of fused-ring (bicyclic) bond motifs is 4. The van der Waals surface area contributed by atoms with Gasteiger partial charge in [-0.1, -0.05) is 11.3 Å². The highest BCUT2D eigenvalue weighted by Gasteiger charge is 2.43. The molecule has 2 unspecified atom stereocenters. The summed E-state index contributed by atoms with van der Waals surface area (Å²) in [5, 5.41) is 3.81. The average molecular weight is 317 g/mol. The lowest BCUT2D eigenvalue weighted by atomic mass is 10.1. The highest BCUT2D eigenvalue weighted by atomic mass is 32.1. The summed E-state index contributed by atoms with van der Waals surface area (Å²) in [6, 6.07) is 4.19. The molecule has 1 aromatic heterocycles. The molecular weight excluding hydrogens is 302 g/mol. The SMILES string of the molecule is O=C1NC2CCOCC2N1c1nc2c3c(ccc2s1)OCC3. The fourth-order valence-electron chi connectivity index (χ4n) is 3.51. The number of aromatic nitrogens is 1. The zero-order chi connectivity index (χ0) is 14.7. The second-order valence-corrected chi connectivity index (χ2v) is 6.85. The molecule has 1 aromatic carbocycles. The number of hydrogen-bond donors (Lipinski definition) is 1. The van der Waals surface area contributed by atoms with Crippen molar-refractivity contribution in [2.45, 2.75) is 24.9 Å². The number of nitrogens with one attached hydrogen (secondary N) is 1. The lowest BCUT2D eigenvalue weighted by Gasteiger charge is -2.28. The predicted molar refractivity (Wildman–Crippen MR) is 82.8 cm³/mol. The maximum atomic E-state index is 12.4. The smallest absolute Gasteiger partial charge is 0.324 e. The van der Waals surface area contributed by atoms with Gasteiger partial charge in [0.15, 0.2) is 5.13 Å². The summed E-state index contributed by atoms with van der Waals surface area (Å²) in [6.45, 7) is 1.99. The van der Waals surface area contributed by atoms with Gasteiger partial charge < -0.3 is 14.8 Å². The van der Waals surface area contributed by atoms with E-state index in [4.69, 9.17) is 14.5 Å². The van der Waals surface area contributed by atoms with Crippen molar-refractivity contribution < 1.29 is 14.3 Å². The topological polar surface area (TPSA) is 63.7 Å². The Labute approximate surface area is 131 Å². The van der Waals surface area contributed by atoms with E-state index in [0.29, 0.717) is 19.8 Å². The number of amides is 2. The molecule has 2 saturated heterocycles. The number of nitrogens with zero attached hydrogens (tertiary/aromatic N) is 2. The van der Waals surface area contributed by atoms with Crippen molar-refractivity contribution >= 4 is 32.7 Å². The molecule has 6 nitrogen and oxygen atoms in total. The minimum absolute atomic E-state index is 0.0473. The molecule has 0 aliphatic carbocycles. The van der Waals surface area contributed by atoms with Gasteiger partial charge >= 0.3 is 6.03 Å². The van der Waals surface area contributed by atoms with Gasteiger partial charge in [0.05, 0.1) is 35.5 Å². The zero-order valence-electron chi connectivity index (χ0n) is 11.9. The maximum Gasteiger partial charge on any atom is 0.324 e. The van der Waals surface area contributed by atoms with Crippen LogP contribution in [0.15, 0.2) is 12.1 Å². The van der Waals surface area contributed by atoms with Crippen molar-refractivity contribution in [1.29, 1.82) is 0 Å². The van der Waals surface area contributed by atoms with Gasteiger partial charge in [0.25, 0.3) is 0 Å². The van der Waals surface area contributed by atoms with E-state index in [9.17, 15) is 4.79 Å². The lowest BCUT2D eigenvalue weighted by Crippen LogP contribution is -2.44. The van der Waals surface area contributed by atoms with E-state index in [2.05, 4.69) is 5.32 Å². The molecule has 0 bridgehead atoms. The van der Waals surface area contributed by atoms with Crippen LogP contribution in [0.25, 0.3) is 10.2 Å². The third kappa shape index (κ3) is 1.69. The predicted octanol–water partition coefficient (Wildman–Crippen LogP) is 1.92. The largest absolute Gasteiger partial charge is 0.493 e. The standard InChI is InChI=1S/C15H15N3O3S/c19-14-16-9-4-5-20-7-10(9)18(14)15-17-13-8-3-6-21-11(8)1-2-12(13)22-15/h1-2,9-10H,3-7H2,(H,16,19). The first-order chi connectivity index (χ1) is 10.8. The zero-order valence-corrected chi connectivity index (χ0v) is 12.7. The van der Waals surface area contributed by atoms with Crippen LogP contribution in [-0.2, 0) is 11.2 Å². The normalized spacial score (nSPS) is 26.7. The average Bonchev–Trinajstić information content (AvgIpc) is 3.20. The van der Waals surface area contributed by atoms with Gasteiger partial charge in [-0.25, -0.2) is 9.78 Å². The quantitative estimate of drug-likeness (QED) is 0.873. The van der Waals surface area contributed by atoms with Crippen molar-refractivity contribution in [3.8, 4) is 5.75 Å². The molecule has 0 saturated carbocycles. The van der Waals surface area contributed by atoms with Gasteiger partial charge in [-0.3, -0.25) is 4.90 Å². The number of ether oxygens (including phenoxy) is 2. The number of anilines is 1. The summed E-state index contributed by atoms with van der Waals surface area (Å²) in [7, 11) is 0. The summed E-state index contributed by atoms with van der Waals surface area (Å²) in [4.78, 5) is 18.9. The number of carbonyl (C=O) groups is 1. The number of hydrogen-bond acceptors (Lipinski definition) is 5. The summed E-state index contributed by atoms with van der Waals surface area (Å²) in [6.07, 6.45) is 1.75. The fourth-order valence-corrected chi connectivity index (χ4v) is 4.57. The van der Waals surface area contributed by atoms with Gasteiger partial charge in [-0.15, -0.1) is 0 Å². The number of carbonyl (C=O) groups excluding carboxylic acids is 1. The fraction of sp³-hybridized carbons (Fsp3) is 0.467. The summed E-state index contributed by atoms with van der Waals surface area (Å²) < 4.78 is 12.3.